The molecule has 16 heavy (non-hydrogen) atoms. The van der Waals surface area contributed by atoms with Crippen LogP contribution in [0.2, 0.25) is 0 Å². The van der Waals surface area contributed by atoms with Gasteiger partial charge in [-0.3, -0.25) is 9.32 Å². The molecular formula is C9H21N2O4P. The fourth-order valence-electron chi connectivity index (χ4n) is 1.11. The predicted molar refractivity (Wildman–Crippen MR) is 62.0 cm³/mol. The molecule has 0 aliphatic heterocycles. The minimum atomic E-state index is -3.97. The first-order valence-electron chi connectivity index (χ1n) is 5.28. The SMILES string of the molecule is CCOP(=O)(O)N(CCN(C)C)C(=O)CC. The highest BCUT2D eigenvalue weighted by Gasteiger charge is 2.32. The van der Waals surface area contributed by atoms with Gasteiger partial charge in [-0.15, -0.1) is 0 Å². The number of carbonyl (C=O) groups is 1. The van der Waals surface area contributed by atoms with E-state index in [0.717, 1.165) is 4.67 Å². The van der Waals surface area contributed by atoms with Crippen LogP contribution in [0.25, 0.3) is 0 Å². The minimum Gasteiger partial charge on any atom is -0.308 e. The monoisotopic (exact) mass is 252 g/mol. The molecule has 0 spiro atoms. The Morgan fingerprint density at radius 3 is 2.25 bits per heavy atom. The van der Waals surface area contributed by atoms with Gasteiger partial charge in [0.1, 0.15) is 0 Å². The summed E-state index contributed by atoms with van der Waals surface area (Å²) in [5, 5.41) is 0. The minimum absolute atomic E-state index is 0.100. The van der Waals surface area contributed by atoms with Crippen LogP contribution >= 0.6 is 7.75 Å². The lowest BCUT2D eigenvalue weighted by atomic mass is 10.4. The zero-order valence-electron chi connectivity index (χ0n) is 10.3. The summed E-state index contributed by atoms with van der Waals surface area (Å²) in [5.74, 6) is -0.374. The van der Waals surface area contributed by atoms with E-state index in [0.29, 0.717) is 6.54 Å². The molecule has 0 aliphatic carbocycles. The van der Waals surface area contributed by atoms with Gasteiger partial charge in [0.25, 0.3) is 0 Å². The number of likely N-dealkylation sites (N-methyl/N-ethyl adjacent to an activating group) is 1. The molecule has 1 N–H and O–H groups in total. The van der Waals surface area contributed by atoms with Crippen LogP contribution < -0.4 is 0 Å². The lowest BCUT2D eigenvalue weighted by Gasteiger charge is -2.27. The second kappa shape index (κ2) is 7.01. The van der Waals surface area contributed by atoms with Gasteiger partial charge < -0.3 is 9.79 Å². The van der Waals surface area contributed by atoms with E-state index in [1.165, 1.54) is 0 Å². The van der Waals surface area contributed by atoms with Crippen molar-refractivity contribution in [3.05, 3.63) is 0 Å². The van der Waals surface area contributed by atoms with Crippen LogP contribution in [-0.2, 0) is 13.9 Å². The third-order valence-electron chi connectivity index (χ3n) is 1.95. The maximum absolute atomic E-state index is 11.7. The molecule has 96 valence electrons. The molecule has 1 atom stereocenters. The summed E-state index contributed by atoms with van der Waals surface area (Å²) >= 11 is 0. The molecular weight excluding hydrogens is 231 g/mol. The van der Waals surface area contributed by atoms with Gasteiger partial charge >= 0.3 is 7.75 Å². The Labute approximate surface area is 96.8 Å². The second-order valence-electron chi connectivity index (χ2n) is 3.58. The normalized spacial score (nSPS) is 14.9. The van der Waals surface area contributed by atoms with Crippen LogP contribution in [0.15, 0.2) is 0 Å². The lowest BCUT2D eigenvalue weighted by molar-refractivity contribution is -0.127. The van der Waals surface area contributed by atoms with Crippen molar-refractivity contribution in [2.24, 2.45) is 0 Å². The van der Waals surface area contributed by atoms with Gasteiger partial charge in [0.15, 0.2) is 0 Å². The molecule has 0 aromatic heterocycles. The molecule has 0 aromatic rings. The van der Waals surface area contributed by atoms with Crippen LogP contribution in [0.4, 0.5) is 0 Å². The van der Waals surface area contributed by atoms with Crippen LogP contribution in [0.3, 0.4) is 0 Å². The molecule has 0 rings (SSSR count). The van der Waals surface area contributed by atoms with E-state index in [1.54, 1.807) is 13.8 Å². The van der Waals surface area contributed by atoms with E-state index in [4.69, 9.17) is 4.52 Å². The van der Waals surface area contributed by atoms with E-state index in [2.05, 4.69) is 0 Å². The summed E-state index contributed by atoms with van der Waals surface area (Å²) in [4.78, 5) is 23.0. The number of rotatable bonds is 7. The highest BCUT2D eigenvalue weighted by Crippen LogP contribution is 2.46. The van der Waals surface area contributed by atoms with Crippen molar-refractivity contribution in [2.75, 3.05) is 33.8 Å². The molecule has 0 fully saturated rings. The molecule has 7 heteroatoms. The molecule has 1 unspecified atom stereocenters. The molecule has 0 saturated carbocycles. The van der Waals surface area contributed by atoms with E-state index in [1.807, 2.05) is 19.0 Å². The van der Waals surface area contributed by atoms with Gasteiger partial charge in [-0.25, -0.2) is 9.24 Å². The van der Waals surface area contributed by atoms with Gasteiger partial charge in [-0.05, 0) is 21.0 Å². The van der Waals surface area contributed by atoms with Crippen molar-refractivity contribution in [1.29, 1.82) is 0 Å². The van der Waals surface area contributed by atoms with Crippen molar-refractivity contribution in [2.45, 2.75) is 20.3 Å². The standard InChI is InChI=1S/C9H21N2O4P/c1-5-9(12)11(8-7-10(3)4)16(13,14)15-6-2/h5-8H2,1-4H3,(H,13,14). The number of hydrogen-bond donors (Lipinski definition) is 1. The van der Waals surface area contributed by atoms with E-state index in [9.17, 15) is 14.3 Å². The fourth-order valence-corrected chi connectivity index (χ4v) is 2.35. The highest BCUT2D eigenvalue weighted by atomic mass is 31.2. The lowest BCUT2D eigenvalue weighted by Crippen LogP contribution is -2.34. The Hall–Kier alpha value is -0.420. The Bertz CT molecular complexity index is 270. The number of hydrogen-bond acceptors (Lipinski definition) is 4. The van der Waals surface area contributed by atoms with Crippen molar-refractivity contribution in [3.63, 3.8) is 0 Å². The summed E-state index contributed by atoms with van der Waals surface area (Å²) in [7, 11) is -0.313. The summed E-state index contributed by atoms with van der Waals surface area (Å²) in [6.07, 6.45) is 0.186. The fraction of sp³-hybridized carbons (Fsp3) is 0.889. The predicted octanol–water partition coefficient (Wildman–Crippen LogP) is 0.923. The van der Waals surface area contributed by atoms with Gasteiger partial charge in [0.05, 0.1) is 6.61 Å². The topological polar surface area (TPSA) is 70.1 Å². The average Bonchev–Trinajstić information content (AvgIpc) is 2.16. The molecule has 0 aliphatic rings. The molecule has 0 bridgehead atoms. The Morgan fingerprint density at radius 2 is 1.88 bits per heavy atom. The second-order valence-corrected chi connectivity index (χ2v) is 5.30. The average molecular weight is 252 g/mol. The Kier molecular flexibility index (Phi) is 6.83. The third kappa shape index (κ3) is 5.07. The van der Waals surface area contributed by atoms with Crippen molar-refractivity contribution in [1.82, 2.24) is 9.57 Å². The number of amides is 1. The zero-order valence-corrected chi connectivity index (χ0v) is 11.2. The van der Waals surface area contributed by atoms with Crippen LogP contribution in [0, 0.1) is 0 Å². The summed E-state index contributed by atoms with van der Waals surface area (Å²) in [6.45, 7) is 4.07. The third-order valence-corrected chi connectivity index (χ3v) is 3.58. The van der Waals surface area contributed by atoms with Crippen molar-refractivity contribution in [3.8, 4) is 0 Å². The maximum Gasteiger partial charge on any atom is 0.434 e. The first-order valence-corrected chi connectivity index (χ1v) is 6.81. The van der Waals surface area contributed by atoms with Crippen molar-refractivity contribution >= 4 is 13.7 Å². The molecule has 0 saturated heterocycles. The smallest absolute Gasteiger partial charge is 0.308 e. The Morgan fingerprint density at radius 1 is 1.31 bits per heavy atom. The van der Waals surface area contributed by atoms with E-state index in [-0.39, 0.29) is 25.5 Å². The van der Waals surface area contributed by atoms with Gasteiger partial charge in [-0.1, -0.05) is 6.92 Å². The summed E-state index contributed by atoms with van der Waals surface area (Å²) in [5.41, 5.74) is 0. The van der Waals surface area contributed by atoms with Crippen molar-refractivity contribution < 1.29 is 18.8 Å². The van der Waals surface area contributed by atoms with Gasteiger partial charge in [-0.2, -0.15) is 0 Å². The van der Waals surface area contributed by atoms with Crippen LogP contribution in [0.5, 0.6) is 0 Å². The van der Waals surface area contributed by atoms with Gasteiger partial charge in [0, 0.05) is 19.5 Å². The highest BCUT2D eigenvalue weighted by molar-refractivity contribution is 7.51. The molecule has 1 amide bonds. The quantitative estimate of drug-likeness (QED) is 0.682. The maximum atomic E-state index is 11.7. The van der Waals surface area contributed by atoms with E-state index >= 15 is 0 Å². The molecule has 0 heterocycles. The van der Waals surface area contributed by atoms with Gasteiger partial charge in [0.2, 0.25) is 5.91 Å². The Balaban J connectivity index is 4.66. The molecule has 0 aromatic carbocycles. The largest absolute Gasteiger partial charge is 0.434 e. The number of nitrogens with zero attached hydrogens (tertiary/aromatic N) is 2. The summed E-state index contributed by atoms with van der Waals surface area (Å²) < 4.78 is 17.4. The first-order chi connectivity index (χ1) is 7.35. The van der Waals surface area contributed by atoms with E-state index < -0.39 is 7.75 Å². The van der Waals surface area contributed by atoms with Crippen LogP contribution in [-0.4, -0.2) is 54.2 Å². The molecule has 0 radical (unpaired) electrons. The zero-order chi connectivity index (χ0) is 12.8. The van der Waals surface area contributed by atoms with Crippen LogP contribution in [0.1, 0.15) is 20.3 Å². The summed E-state index contributed by atoms with van der Waals surface area (Å²) in [6, 6.07) is 0. The molecule has 6 nitrogen and oxygen atoms in total. The first kappa shape index (κ1) is 15.6. The number of carbonyl (C=O) groups excluding carboxylic acids is 1.